The Morgan fingerprint density at radius 3 is 1.36 bits per heavy atom. The fraction of sp³-hybridized carbons (Fsp3) is 0. The minimum absolute atomic E-state index is 0.559. The zero-order valence-electron chi connectivity index (χ0n) is 30.3. The molecule has 0 aliphatic rings. The van der Waals surface area contributed by atoms with Crippen LogP contribution in [0.15, 0.2) is 200 Å². The van der Waals surface area contributed by atoms with E-state index in [-0.39, 0.29) is 0 Å². The number of hydrogen-bond acceptors (Lipinski definition) is 3. The summed E-state index contributed by atoms with van der Waals surface area (Å²) in [6.07, 6.45) is 0. The minimum Gasteiger partial charge on any atom is -0.309 e. The van der Waals surface area contributed by atoms with Crippen LogP contribution in [0.4, 0.5) is 0 Å². The van der Waals surface area contributed by atoms with Gasteiger partial charge in [0.1, 0.15) is 0 Å². The van der Waals surface area contributed by atoms with Crippen LogP contribution in [-0.2, 0) is 0 Å². The van der Waals surface area contributed by atoms with Gasteiger partial charge in [0.25, 0.3) is 0 Å². The molecule has 11 rings (SSSR count). The molecule has 0 aliphatic carbocycles. The highest BCUT2D eigenvalue weighted by Crippen LogP contribution is 2.42. The molecule has 0 fully saturated rings. The van der Waals surface area contributed by atoms with Crippen molar-refractivity contribution in [3.63, 3.8) is 0 Å². The van der Waals surface area contributed by atoms with E-state index in [1.54, 1.807) is 0 Å². The Balaban J connectivity index is 1.26. The number of aromatic nitrogens is 5. The van der Waals surface area contributed by atoms with Gasteiger partial charge in [-0.25, -0.2) is 4.98 Å². The van der Waals surface area contributed by atoms with E-state index in [0.29, 0.717) is 17.6 Å². The van der Waals surface area contributed by atoms with E-state index in [2.05, 4.69) is 191 Å². The summed E-state index contributed by atoms with van der Waals surface area (Å²) in [6.45, 7) is 0. The number of fused-ring (bicyclic) bond motifs is 6. The third-order valence-corrected chi connectivity index (χ3v) is 10.8. The van der Waals surface area contributed by atoms with Gasteiger partial charge in [0.15, 0.2) is 11.6 Å². The molecular formula is C51H33N5. The first-order chi connectivity index (χ1) is 27.8. The van der Waals surface area contributed by atoms with E-state index in [0.717, 1.165) is 71.9 Å². The molecule has 3 aromatic heterocycles. The van der Waals surface area contributed by atoms with E-state index in [4.69, 9.17) is 15.0 Å². The van der Waals surface area contributed by atoms with Crippen LogP contribution in [-0.4, -0.2) is 24.1 Å². The van der Waals surface area contributed by atoms with Crippen molar-refractivity contribution in [2.75, 3.05) is 0 Å². The van der Waals surface area contributed by atoms with E-state index < -0.39 is 0 Å². The van der Waals surface area contributed by atoms with Gasteiger partial charge in [0, 0.05) is 38.4 Å². The zero-order valence-corrected chi connectivity index (χ0v) is 30.3. The maximum absolute atomic E-state index is 5.48. The SMILES string of the molecule is c1ccc(-c2nc(-c3c(-c4ccccc4)cccc3-c3ccccc3)nc(-n3c4ccccc4c4cc5c6ccccc6n(-c6ccccc6)c5cc43)n2)cc1. The monoisotopic (exact) mass is 715 g/mol. The lowest BCUT2D eigenvalue weighted by Crippen LogP contribution is -2.07. The van der Waals surface area contributed by atoms with Crippen LogP contribution < -0.4 is 0 Å². The summed E-state index contributed by atoms with van der Waals surface area (Å²) in [7, 11) is 0. The predicted octanol–water partition coefficient (Wildman–Crippen LogP) is 12.7. The van der Waals surface area contributed by atoms with Gasteiger partial charge < -0.3 is 4.57 Å². The summed E-state index contributed by atoms with van der Waals surface area (Å²) in [5.74, 6) is 1.78. The van der Waals surface area contributed by atoms with Crippen LogP contribution in [0.1, 0.15) is 0 Å². The molecule has 11 aromatic rings. The fourth-order valence-electron chi connectivity index (χ4n) is 8.30. The third-order valence-electron chi connectivity index (χ3n) is 10.8. The number of benzene rings is 8. The summed E-state index contributed by atoms with van der Waals surface area (Å²) in [5, 5.41) is 4.69. The summed E-state index contributed by atoms with van der Waals surface area (Å²) in [5.41, 5.74) is 11.6. The second kappa shape index (κ2) is 13.0. The van der Waals surface area contributed by atoms with Crippen molar-refractivity contribution in [2.45, 2.75) is 0 Å². The van der Waals surface area contributed by atoms with Crippen molar-refractivity contribution in [1.82, 2.24) is 24.1 Å². The van der Waals surface area contributed by atoms with Crippen molar-refractivity contribution in [3.8, 4) is 56.7 Å². The first-order valence-corrected chi connectivity index (χ1v) is 18.9. The molecule has 56 heavy (non-hydrogen) atoms. The maximum atomic E-state index is 5.48. The zero-order chi connectivity index (χ0) is 37.0. The van der Waals surface area contributed by atoms with Crippen molar-refractivity contribution >= 4 is 43.6 Å². The number of rotatable bonds is 6. The van der Waals surface area contributed by atoms with E-state index >= 15 is 0 Å². The Bertz CT molecular complexity index is 3160. The minimum atomic E-state index is 0.559. The Kier molecular flexibility index (Phi) is 7.42. The van der Waals surface area contributed by atoms with Crippen molar-refractivity contribution in [3.05, 3.63) is 200 Å². The Morgan fingerprint density at radius 1 is 0.304 bits per heavy atom. The van der Waals surface area contributed by atoms with Crippen LogP contribution in [0, 0.1) is 0 Å². The molecule has 0 saturated heterocycles. The largest absolute Gasteiger partial charge is 0.309 e. The van der Waals surface area contributed by atoms with Crippen LogP contribution in [0.3, 0.4) is 0 Å². The van der Waals surface area contributed by atoms with Crippen molar-refractivity contribution in [1.29, 1.82) is 0 Å². The second-order valence-electron chi connectivity index (χ2n) is 14.0. The number of nitrogens with zero attached hydrogens (tertiary/aromatic N) is 5. The van der Waals surface area contributed by atoms with Crippen molar-refractivity contribution in [2.24, 2.45) is 0 Å². The first-order valence-electron chi connectivity index (χ1n) is 18.9. The molecule has 0 unspecified atom stereocenters. The molecular weight excluding hydrogens is 683 g/mol. The first kappa shape index (κ1) is 31.9. The highest BCUT2D eigenvalue weighted by atomic mass is 15.2. The average Bonchev–Trinajstić information content (AvgIpc) is 3.78. The summed E-state index contributed by atoms with van der Waals surface area (Å²) in [6, 6.07) is 70.2. The van der Waals surface area contributed by atoms with Gasteiger partial charge in [0.2, 0.25) is 5.95 Å². The summed E-state index contributed by atoms with van der Waals surface area (Å²) in [4.78, 5) is 16.1. The predicted molar refractivity (Wildman–Crippen MR) is 230 cm³/mol. The van der Waals surface area contributed by atoms with Crippen LogP contribution in [0.2, 0.25) is 0 Å². The third kappa shape index (κ3) is 5.13. The second-order valence-corrected chi connectivity index (χ2v) is 14.0. The highest BCUT2D eigenvalue weighted by molar-refractivity contribution is 6.19. The van der Waals surface area contributed by atoms with Crippen LogP contribution in [0.5, 0.6) is 0 Å². The maximum Gasteiger partial charge on any atom is 0.238 e. The molecule has 0 amide bonds. The van der Waals surface area contributed by atoms with Gasteiger partial charge in [-0.15, -0.1) is 0 Å². The standard InChI is InChI=1S/C51H33N5/c1-5-18-34(19-6-1)38-28-17-29-39(35-20-7-2-8-21-35)48(38)50-52-49(36-22-9-3-10-23-36)53-51(54-50)56-45-31-16-14-27-41(45)43-32-42-40-26-13-15-30-44(40)55(46(42)33-47(43)56)37-24-11-4-12-25-37/h1-33H. The topological polar surface area (TPSA) is 48.5 Å². The van der Waals surface area contributed by atoms with Gasteiger partial charge >= 0.3 is 0 Å². The Hall–Kier alpha value is -7.63. The van der Waals surface area contributed by atoms with Gasteiger partial charge in [-0.05, 0) is 58.7 Å². The molecule has 5 heteroatoms. The average molecular weight is 716 g/mol. The lowest BCUT2D eigenvalue weighted by molar-refractivity contribution is 0.954. The molecule has 0 bridgehead atoms. The molecule has 262 valence electrons. The lowest BCUT2D eigenvalue weighted by atomic mass is 9.91. The van der Waals surface area contributed by atoms with Gasteiger partial charge in [0.05, 0.1) is 22.1 Å². The van der Waals surface area contributed by atoms with Crippen molar-refractivity contribution < 1.29 is 0 Å². The quantitative estimate of drug-likeness (QED) is 0.172. The Labute approximate surface area is 323 Å². The fourth-order valence-corrected chi connectivity index (χ4v) is 8.30. The molecule has 0 N–H and O–H groups in total. The number of hydrogen-bond donors (Lipinski definition) is 0. The molecule has 0 radical (unpaired) electrons. The van der Waals surface area contributed by atoms with Crippen LogP contribution >= 0.6 is 0 Å². The van der Waals surface area contributed by atoms with E-state index in [1.807, 2.05) is 18.2 Å². The highest BCUT2D eigenvalue weighted by Gasteiger charge is 2.23. The molecule has 0 spiro atoms. The molecule has 3 heterocycles. The van der Waals surface area contributed by atoms with Gasteiger partial charge in [-0.3, -0.25) is 4.57 Å². The normalized spacial score (nSPS) is 11.6. The van der Waals surface area contributed by atoms with Crippen LogP contribution in [0.25, 0.3) is 100 Å². The van der Waals surface area contributed by atoms with Gasteiger partial charge in [-0.2, -0.15) is 9.97 Å². The molecule has 0 atom stereocenters. The van der Waals surface area contributed by atoms with E-state index in [1.165, 1.54) is 10.8 Å². The summed E-state index contributed by atoms with van der Waals surface area (Å²) < 4.78 is 4.59. The Morgan fingerprint density at radius 2 is 0.768 bits per heavy atom. The van der Waals surface area contributed by atoms with Gasteiger partial charge in [-0.1, -0.05) is 164 Å². The van der Waals surface area contributed by atoms with E-state index in [9.17, 15) is 0 Å². The number of para-hydroxylation sites is 3. The summed E-state index contributed by atoms with van der Waals surface area (Å²) >= 11 is 0. The lowest BCUT2D eigenvalue weighted by Gasteiger charge is -2.17. The molecule has 0 aliphatic heterocycles. The smallest absolute Gasteiger partial charge is 0.238 e. The molecule has 8 aromatic carbocycles. The molecule has 5 nitrogen and oxygen atoms in total. The molecule has 0 saturated carbocycles.